The molecule has 1 amide bonds. The van der Waals surface area contributed by atoms with Crippen molar-refractivity contribution in [2.45, 2.75) is 19.4 Å². The lowest BCUT2D eigenvalue weighted by Crippen LogP contribution is -2.30. The van der Waals surface area contributed by atoms with Crippen LogP contribution in [0.15, 0.2) is 60.7 Å². The van der Waals surface area contributed by atoms with Crippen LogP contribution in [-0.4, -0.2) is 29.1 Å². The first-order chi connectivity index (χ1) is 14.9. The van der Waals surface area contributed by atoms with Gasteiger partial charge in [0.05, 0.1) is 31.2 Å². The van der Waals surface area contributed by atoms with Crippen LogP contribution in [-0.2, 0) is 4.79 Å². The zero-order chi connectivity index (χ0) is 22.4. The summed E-state index contributed by atoms with van der Waals surface area (Å²) < 4.78 is 5.37. The lowest BCUT2D eigenvalue weighted by molar-refractivity contribution is -0.137. The topological polar surface area (TPSA) is 112 Å². The number of rotatable bonds is 7. The molecule has 0 radical (unpaired) electrons. The molecule has 0 fully saturated rings. The number of hydrogen-bond donors (Lipinski definition) is 2. The van der Waals surface area contributed by atoms with E-state index in [0.717, 1.165) is 5.56 Å². The summed E-state index contributed by atoms with van der Waals surface area (Å²) in [5.41, 5.74) is 3.34. The summed E-state index contributed by atoms with van der Waals surface area (Å²) in [6, 6.07) is 18.6. The standard InChI is InChI=1S/C24H21N3O4/c1-15-6-8-17(9-7-15)20(13-22(28)29)27-24(30)19-10-11-21(31-2)23(26-19)18-5-3-4-16(12-18)14-25/h3-12,20H,13H2,1-2H3,(H,27,30)(H,28,29)/t20-/m0/s1. The molecule has 1 atom stereocenters. The number of methoxy groups -OCH3 is 1. The second-order valence-electron chi connectivity index (χ2n) is 6.97. The number of hydrogen-bond acceptors (Lipinski definition) is 5. The zero-order valence-corrected chi connectivity index (χ0v) is 17.1. The van der Waals surface area contributed by atoms with E-state index in [9.17, 15) is 14.7 Å². The van der Waals surface area contributed by atoms with Crippen LogP contribution in [0.2, 0.25) is 0 Å². The van der Waals surface area contributed by atoms with Crippen LogP contribution in [0.4, 0.5) is 0 Å². The second-order valence-corrected chi connectivity index (χ2v) is 6.97. The summed E-state index contributed by atoms with van der Waals surface area (Å²) in [6.07, 6.45) is -0.262. The molecule has 0 aliphatic rings. The van der Waals surface area contributed by atoms with Gasteiger partial charge in [-0.15, -0.1) is 0 Å². The third-order valence-electron chi connectivity index (χ3n) is 4.74. The Morgan fingerprint density at radius 1 is 1.16 bits per heavy atom. The highest BCUT2D eigenvalue weighted by Crippen LogP contribution is 2.29. The maximum absolute atomic E-state index is 12.9. The third kappa shape index (κ3) is 5.25. The molecule has 0 bridgehead atoms. The van der Waals surface area contributed by atoms with Gasteiger partial charge in [0.25, 0.3) is 5.91 Å². The molecule has 7 heteroatoms. The Morgan fingerprint density at radius 3 is 2.55 bits per heavy atom. The van der Waals surface area contributed by atoms with Gasteiger partial charge in [-0.1, -0.05) is 42.0 Å². The van der Waals surface area contributed by atoms with E-state index in [1.54, 1.807) is 42.5 Å². The largest absolute Gasteiger partial charge is 0.494 e. The van der Waals surface area contributed by atoms with Crippen molar-refractivity contribution in [3.05, 3.63) is 83.0 Å². The molecule has 3 aromatic rings. The molecule has 0 unspecified atom stereocenters. The fourth-order valence-corrected chi connectivity index (χ4v) is 3.14. The minimum atomic E-state index is -1.03. The first kappa shape index (κ1) is 21.5. The number of carboxylic acids is 1. The van der Waals surface area contributed by atoms with Gasteiger partial charge in [0.2, 0.25) is 0 Å². The van der Waals surface area contributed by atoms with Crippen LogP contribution in [0.3, 0.4) is 0 Å². The summed E-state index contributed by atoms with van der Waals surface area (Å²) in [7, 11) is 1.49. The van der Waals surface area contributed by atoms with E-state index in [-0.39, 0.29) is 12.1 Å². The predicted molar refractivity (Wildman–Crippen MR) is 115 cm³/mol. The highest BCUT2D eigenvalue weighted by molar-refractivity contribution is 5.93. The van der Waals surface area contributed by atoms with Crippen LogP contribution >= 0.6 is 0 Å². The number of carbonyl (C=O) groups is 2. The van der Waals surface area contributed by atoms with E-state index in [4.69, 9.17) is 10.00 Å². The smallest absolute Gasteiger partial charge is 0.305 e. The van der Waals surface area contributed by atoms with Crippen molar-refractivity contribution in [1.29, 1.82) is 5.26 Å². The van der Waals surface area contributed by atoms with Crippen molar-refractivity contribution in [1.82, 2.24) is 10.3 Å². The number of carboxylic acid groups (broad SMARTS) is 1. The Morgan fingerprint density at radius 2 is 1.90 bits per heavy atom. The van der Waals surface area contributed by atoms with Crippen molar-refractivity contribution in [3.8, 4) is 23.1 Å². The molecule has 2 aromatic carbocycles. The Hall–Kier alpha value is -4.18. The van der Waals surface area contributed by atoms with E-state index in [1.165, 1.54) is 13.2 Å². The van der Waals surface area contributed by atoms with E-state index >= 15 is 0 Å². The predicted octanol–water partition coefficient (Wildman–Crippen LogP) is 3.88. The van der Waals surface area contributed by atoms with Crippen molar-refractivity contribution in [2.24, 2.45) is 0 Å². The van der Waals surface area contributed by atoms with Crippen LogP contribution in [0.5, 0.6) is 5.75 Å². The summed E-state index contributed by atoms with van der Waals surface area (Å²) in [4.78, 5) is 28.7. The van der Waals surface area contributed by atoms with Gasteiger partial charge in [-0.25, -0.2) is 4.98 Å². The summed E-state index contributed by atoms with van der Waals surface area (Å²) in [5, 5.41) is 21.2. The maximum Gasteiger partial charge on any atom is 0.305 e. The number of aryl methyl sites for hydroxylation is 1. The van der Waals surface area contributed by atoms with Gasteiger partial charge in [0, 0.05) is 5.56 Å². The molecular formula is C24H21N3O4. The first-order valence-electron chi connectivity index (χ1n) is 9.56. The lowest BCUT2D eigenvalue weighted by Gasteiger charge is -2.18. The Balaban J connectivity index is 1.93. The molecule has 0 saturated carbocycles. The van der Waals surface area contributed by atoms with E-state index < -0.39 is 17.9 Å². The minimum Gasteiger partial charge on any atom is -0.494 e. The number of nitrogens with zero attached hydrogens (tertiary/aromatic N) is 2. The lowest BCUT2D eigenvalue weighted by atomic mass is 10.0. The van der Waals surface area contributed by atoms with E-state index in [2.05, 4.69) is 16.4 Å². The average molecular weight is 415 g/mol. The van der Waals surface area contributed by atoms with Gasteiger partial charge < -0.3 is 15.2 Å². The van der Waals surface area contributed by atoms with Gasteiger partial charge in [0.1, 0.15) is 17.1 Å². The average Bonchev–Trinajstić information content (AvgIpc) is 2.78. The Labute approximate surface area is 179 Å². The number of ether oxygens (including phenoxy) is 1. The molecule has 0 saturated heterocycles. The molecule has 0 spiro atoms. The van der Waals surface area contributed by atoms with Crippen LogP contribution in [0.1, 0.15) is 39.6 Å². The molecule has 2 N–H and O–H groups in total. The third-order valence-corrected chi connectivity index (χ3v) is 4.74. The number of pyridine rings is 1. The SMILES string of the molecule is COc1ccc(C(=O)N[C@@H](CC(=O)O)c2ccc(C)cc2)nc1-c1cccc(C#N)c1. The van der Waals surface area contributed by atoms with Gasteiger partial charge in [-0.05, 0) is 36.8 Å². The van der Waals surface area contributed by atoms with Gasteiger partial charge >= 0.3 is 5.97 Å². The number of nitriles is 1. The number of aliphatic carboxylic acids is 1. The number of nitrogens with one attached hydrogen (secondary N) is 1. The van der Waals surface area contributed by atoms with Crippen LogP contribution in [0, 0.1) is 18.3 Å². The molecule has 31 heavy (non-hydrogen) atoms. The van der Waals surface area contributed by atoms with Gasteiger partial charge in [-0.3, -0.25) is 9.59 Å². The van der Waals surface area contributed by atoms with Crippen molar-refractivity contribution in [2.75, 3.05) is 7.11 Å². The van der Waals surface area contributed by atoms with Crippen molar-refractivity contribution < 1.29 is 19.4 Å². The molecular weight excluding hydrogens is 394 g/mol. The van der Waals surface area contributed by atoms with Crippen LogP contribution < -0.4 is 10.1 Å². The Bertz CT molecular complexity index is 1150. The molecule has 7 nitrogen and oxygen atoms in total. The summed E-state index contributed by atoms with van der Waals surface area (Å²) >= 11 is 0. The molecule has 1 aromatic heterocycles. The number of carbonyl (C=O) groups excluding carboxylic acids is 1. The van der Waals surface area contributed by atoms with Gasteiger partial charge in [-0.2, -0.15) is 5.26 Å². The van der Waals surface area contributed by atoms with E-state index in [1.807, 2.05) is 19.1 Å². The summed E-state index contributed by atoms with van der Waals surface area (Å²) in [6.45, 7) is 1.93. The van der Waals surface area contributed by atoms with Crippen molar-refractivity contribution in [3.63, 3.8) is 0 Å². The minimum absolute atomic E-state index is 0.112. The molecule has 156 valence electrons. The van der Waals surface area contributed by atoms with Crippen LogP contribution in [0.25, 0.3) is 11.3 Å². The molecule has 0 aliphatic carbocycles. The van der Waals surface area contributed by atoms with E-state index in [0.29, 0.717) is 28.1 Å². The highest BCUT2D eigenvalue weighted by Gasteiger charge is 2.21. The maximum atomic E-state index is 12.9. The first-order valence-corrected chi connectivity index (χ1v) is 9.56. The molecule has 1 heterocycles. The Kier molecular flexibility index (Phi) is 6.63. The normalized spacial score (nSPS) is 11.3. The quantitative estimate of drug-likeness (QED) is 0.606. The van der Waals surface area contributed by atoms with Crippen molar-refractivity contribution >= 4 is 11.9 Å². The highest BCUT2D eigenvalue weighted by atomic mass is 16.5. The summed E-state index contributed by atoms with van der Waals surface area (Å²) in [5.74, 6) is -1.08. The number of amides is 1. The fraction of sp³-hybridized carbons (Fsp3) is 0.167. The molecule has 0 aliphatic heterocycles. The fourth-order valence-electron chi connectivity index (χ4n) is 3.14. The van der Waals surface area contributed by atoms with Gasteiger partial charge in [0.15, 0.2) is 0 Å². The second kappa shape index (κ2) is 9.55. The molecule has 3 rings (SSSR count). The monoisotopic (exact) mass is 415 g/mol. The number of aromatic nitrogens is 1. The number of benzene rings is 2. The zero-order valence-electron chi connectivity index (χ0n) is 17.1.